The molecule has 0 aromatic rings. The average molecular weight is 254 g/mol. The van der Waals surface area contributed by atoms with Gasteiger partial charge in [-0.15, -0.1) is 0 Å². The van der Waals surface area contributed by atoms with Gasteiger partial charge in [-0.3, -0.25) is 14.5 Å². The molecular weight excluding hydrogens is 232 g/mol. The molecule has 2 rings (SSSR count). The maximum Gasteiger partial charge on any atom is 0.308 e. The first-order valence-electron chi connectivity index (χ1n) is 6.81. The van der Waals surface area contributed by atoms with Crippen LogP contribution in [0.5, 0.6) is 0 Å². The van der Waals surface area contributed by atoms with Gasteiger partial charge >= 0.3 is 5.97 Å². The van der Waals surface area contributed by atoms with Crippen LogP contribution >= 0.6 is 0 Å². The molecule has 18 heavy (non-hydrogen) atoms. The molecular formula is C13H22N2O3. The maximum atomic E-state index is 12.1. The van der Waals surface area contributed by atoms with Crippen molar-refractivity contribution in [1.82, 2.24) is 9.80 Å². The molecule has 2 heterocycles. The van der Waals surface area contributed by atoms with Crippen molar-refractivity contribution in [2.45, 2.75) is 26.2 Å². The fourth-order valence-electron chi connectivity index (χ4n) is 2.95. The summed E-state index contributed by atoms with van der Waals surface area (Å²) in [5, 5.41) is 9.06. The molecule has 5 nitrogen and oxygen atoms in total. The number of hydrogen-bond donors (Lipinski definition) is 1. The number of piperidine rings is 1. The lowest BCUT2D eigenvalue weighted by Gasteiger charge is -2.28. The van der Waals surface area contributed by atoms with Crippen molar-refractivity contribution >= 4 is 11.9 Å². The van der Waals surface area contributed by atoms with Crippen LogP contribution < -0.4 is 0 Å². The summed E-state index contributed by atoms with van der Waals surface area (Å²) in [6.07, 6.45) is 3.41. The van der Waals surface area contributed by atoms with Crippen molar-refractivity contribution in [2.75, 3.05) is 32.7 Å². The van der Waals surface area contributed by atoms with Gasteiger partial charge < -0.3 is 10.0 Å². The fraction of sp³-hybridized carbons (Fsp3) is 0.846. The Balaban J connectivity index is 1.83. The standard InChI is InChI=1S/C13H22N2O3/c1-10-7-14(8-11(10)13(17)18)9-12(16)15-5-3-2-4-6-15/h10-11H,2-9H2,1H3,(H,17,18)/t10-,11-/m1/s1. The van der Waals surface area contributed by atoms with Gasteiger partial charge in [0.2, 0.25) is 5.91 Å². The highest BCUT2D eigenvalue weighted by Crippen LogP contribution is 2.23. The van der Waals surface area contributed by atoms with Crippen molar-refractivity contribution < 1.29 is 14.7 Å². The van der Waals surface area contributed by atoms with Gasteiger partial charge in [-0.05, 0) is 25.2 Å². The SMILES string of the molecule is C[C@@H]1CN(CC(=O)N2CCCCC2)C[C@H]1C(=O)O. The van der Waals surface area contributed by atoms with Crippen LogP contribution in [0.1, 0.15) is 26.2 Å². The molecule has 0 bridgehead atoms. The summed E-state index contributed by atoms with van der Waals surface area (Å²) in [4.78, 5) is 27.0. The lowest BCUT2D eigenvalue weighted by molar-refractivity contribution is -0.142. The van der Waals surface area contributed by atoms with Gasteiger partial charge in [-0.25, -0.2) is 0 Å². The average Bonchev–Trinajstić information content (AvgIpc) is 2.71. The van der Waals surface area contributed by atoms with Crippen LogP contribution in [0.4, 0.5) is 0 Å². The zero-order valence-corrected chi connectivity index (χ0v) is 11.0. The number of nitrogens with zero attached hydrogens (tertiary/aromatic N) is 2. The second-order valence-corrected chi connectivity index (χ2v) is 5.56. The van der Waals surface area contributed by atoms with Crippen LogP contribution in [-0.4, -0.2) is 59.5 Å². The van der Waals surface area contributed by atoms with E-state index in [0.717, 1.165) is 32.5 Å². The topological polar surface area (TPSA) is 60.9 Å². The molecule has 0 aromatic carbocycles. The molecule has 0 spiro atoms. The second kappa shape index (κ2) is 5.69. The van der Waals surface area contributed by atoms with E-state index in [0.29, 0.717) is 13.1 Å². The van der Waals surface area contributed by atoms with Crippen molar-refractivity contribution in [3.05, 3.63) is 0 Å². The molecule has 2 aliphatic rings. The predicted molar refractivity (Wildman–Crippen MR) is 67.2 cm³/mol. The molecule has 1 N–H and O–H groups in total. The van der Waals surface area contributed by atoms with Gasteiger partial charge in [0, 0.05) is 26.2 Å². The first-order chi connectivity index (χ1) is 8.58. The lowest BCUT2D eigenvalue weighted by Crippen LogP contribution is -2.42. The third-order valence-electron chi connectivity index (χ3n) is 4.07. The number of likely N-dealkylation sites (tertiary alicyclic amines) is 2. The Kier molecular flexibility index (Phi) is 4.22. The summed E-state index contributed by atoms with van der Waals surface area (Å²) in [5.41, 5.74) is 0. The highest BCUT2D eigenvalue weighted by atomic mass is 16.4. The number of carboxylic acid groups (broad SMARTS) is 1. The van der Waals surface area contributed by atoms with E-state index in [9.17, 15) is 9.59 Å². The molecule has 0 unspecified atom stereocenters. The molecule has 102 valence electrons. The van der Waals surface area contributed by atoms with E-state index in [1.165, 1.54) is 6.42 Å². The summed E-state index contributed by atoms with van der Waals surface area (Å²) < 4.78 is 0. The molecule has 2 fully saturated rings. The van der Waals surface area contributed by atoms with Crippen LogP contribution in [0.25, 0.3) is 0 Å². The summed E-state index contributed by atoms with van der Waals surface area (Å²) >= 11 is 0. The Morgan fingerprint density at radius 1 is 1.17 bits per heavy atom. The second-order valence-electron chi connectivity index (χ2n) is 5.56. The first-order valence-corrected chi connectivity index (χ1v) is 6.81. The number of hydrogen-bond acceptors (Lipinski definition) is 3. The van der Waals surface area contributed by atoms with Crippen LogP contribution in [-0.2, 0) is 9.59 Å². The monoisotopic (exact) mass is 254 g/mol. The quantitative estimate of drug-likeness (QED) is 0.803. The number of carboxylic acids is 1. The van der Waals surface area contributed by atoms with E-state index in [1.54, 1.807) is 0 Å². The Morgan fingerprint density at radius 3 is 2.39 bits per heavy atom. The number of amides is 1. The Hall–Kier alpha value is -1.10. The fourth-order valence-corrected chi connectivity index (χ4v) is 2.95. The third kappa shape index (κ3) is 3.02. The number of carbonyl (C=O) groups excluding carboxylic acids is 1. The van der Waals surface area contributed by atoms with Crippen molar-refractivity contribution in [2.24, 2.45) is 11.8 Å². The van der Waals surface area contributed by atoms with Crippen LogP contribution in [0.15, 0.2) is 0 Å². The predicted octanol–water partition coefficient (Wildman–Crippen LogP) is 0.651. The van der Waals surface area contributed by atoms with Crippen LogP contribution in [0.2, 0.25) is 0 Å². The molecule has 0 saturated carbocycles. The van der Waals surface area contributed by atoms with E-state index in [1.807, 2.05) is 16.7 Å². The van der Waals surface area contributed by atoms with Crippen LogP contribution in [0.3, 0.4) is 0 Å². The van der Waals surface area contributed by atoms with Crippen molar-refractivity contribution in [3.63, 3.8) is 0 Å². The zero-order valence-electron chi connectivity index (χ0n) is 11.0. The highest BCUT2D eigenvalue weighted by Gasteiger charge is 2.35. The van der Waals surface area contributed by atoms with Crippen LogP contribution in [0, 0.1) is 11.8 Å². The smallest absolute Gasteiger partial charge is 0.308 e. The minimum absolute atomic E-state index is 0.136. The van der Waals surface area contributed by atoms with E-state index in [-0.39, 0.29) is 17.7 Å². The lowest BCUT2D eigenvalue weighted by atomic mass is 9.99. The molecule has 2 saturated heterocycles. The molecule has 5 heteroatoms. The largest absolute Gasteiger partial charge is 0.481 e. The molecule has 2 aliphatic heterocycles. The molecule has 2 atom stereocenters. The van der Waals surface area contributed by atoms with Gasteiger partial charge in [0.05, 0.1) is 12.5 Å². The molecule has 0 radical (unpaired) electrons. The van der Waals surface area contributed by atoms with Gasteiger partial charge in [0.1, 0.15) is 0 Å². The summed E-state index contributed by atoms with van der Waals surface area (Å²) in [6.45, 7) is 5.29. The minimum atomic E-state index is -0.740. The maximum absolute atomic E-state index is 12.1. The van der Waals surface area contributed by atoms with E-state index < -0.39 is 5.97 Å². The Morgan fingerprint density at radius 2 is 1.83 bits per heavy atom. The van der Waals surface area contributed by atoms with E-state index in [4.69, 9.17) is 5.11 Å². The van der Waals surface area contributed by atoms with Gasteiger partial charge in [-0.1, -0.05) is 6.92 Å². The Labute approximate surface area is 108 Å². The Bertz CT molecular complexity index is 326. The minimum Gasteiger partial charge on any atom is -0.481 e. The summed E-state index contributed by atoms with van der Waals surface area (Å²) in [6, 6.07) is 0. The molecule has 1 amide bonds. The molecule has 0 aromatic heterocycles. The first kappa shape index (κ1) is 13.3. The van der Waals surface area contributed by atoms with Crippen molar-refractivity contribution in [3.8, 4) is 0 Å². The normalized spacial score (nSPS) is 29.5. The number of rotatable bonds is 3. The van der Waals surface area contributed by atoms with E-state index >= 15 is 0 Å². The molecule has 0 aliphatic carbocycles. The third-order valence-corrected chi connectivity index (χ3v) is 4.07. The highest BCUT2D eigenvalue weighted by molar-refractivity contribution is 5.78. The zero-order chi connectivity index (χ0) is 13.1. The van der Waals surface area contributed by atoms with Gasteiger partial charge in [-0.2, -0.15) is 0 Å². The summed E-state index contributed by atoms with van der Waals surface area (Å²) in [5.74, 6) is -0.765. The summed E-state index contributed by atoms with van der Waals surface area (Å²) in [7, 11) is 0. The van der Waals surface area contributed by atoms with Gasteiger partial charge in [0.25, 0.3) is 0 Å². The number of carbonyl (C=O) groups is 2. The van der Waals surface area contributed by atoms with Gasteiger partial charge in [0.15, 0.2) is 0 Å². The van der Waals surface area contributed by atoms with Crippen molar-refractivity contribution in [1.29, 1.82) is 0 Å². The number of aliphatic carboxylic acids is 1. The van der Waals surface area contributed by atoms with E-state index in [2.05, 4.69) is 0 Å².